The van der Waals surface area contributed by atoms with Gasteiger partial charge >= 0.3 is 5.97 Å². The standard InChI is InChI=1S/C16H27N3O5S/c1-7-10(3)18-13(20)9-17-25(22,23)15-12(5)19(6)11(4)14(15)16(21)24-8-2/h10,17H,7-9H2,1-6H3,(H,18,20)/t10-/m1/s1. The largest absolute Gasteiger partial charge is 0.462 e. The van der Waals surface area contributed by atoms with Crippen molar-refractivity contribution < 1.29 is 22.7 Å². The number of esters is 1. The number of nitrogens with one attached hydrogen (secondary N) is 2. The molecule has 2 N–H and O–H groups in total. The van der Waals surface area contributed by atoms with E-state index in [9.17, 15) is 18.0 Å². The van der Waals surface area contributed by atoms with Gasteiger partial charge in [-0.25, -0.2) is 17.9 Å². The Kier molecular flexibility index (Phi) is 7.18. The van der Waals surface area contributed by atoms with Crippen molar-refractivity contribution in [2.75, 3.05) is 13.2 Å². The second-order valence-corrected chi connectivity index (χ2v) is 7.56. The van der Waals surface area contributed by atoms with Crippen LogP contribution >= 0.6 is 0 Å². The van der Waals surface area contributed by atoms with Crippen molar-refractivity contribution in [3.05, 3.63) is 17.0 Å². The smallest absolute Gasteiger partial charge is 0.341 e. The van der Waals surface area contributed by atoms with E-state index >= 15 is 0 Å². The van der Waals surface area contributed by atoms with E-state index in [1.807, 2.05) is 13.8 Å². The molecule has 25 heavy (non-hydrogen) atoms. The predicted octanol–water partition coefficient (Wildman–Crippen LogP) is 1.01. The Labute approximate surface area is 149 Å². The molecule has 1 amide bonds. The summed E-state index contributed by atoms with van der Waals surface area (Å²) in [5.41, 5.74) is 0.882. The molecule has 0 aromatic carbocycles. The van der Waals surface area contributed by atoms with Gasteiger partial charge in [0.15, 0.2) is 0 Å². The zero-order valence-corrected chi connectivity index (χ0v) is 16.4. The SMILES string of the molecule is CCOC(=O)c1c(S(=O)(=O)NCC(=O)N[C@H](C)CC)c(C)n(C)c1C. The molecule has 142 valence electrons. The highest BCUT2D eigenvalue weighted by Crippen LogP contribution is 2.26. The summed E-state index contributed by atoms with van der Waals surface area (Å²) in [4.78, 5) is 23.9. The lowest BCUT2D eigenvalue weighted by molar-refractivity contribution is -0.120. The fourth-order valence-corrected chi connectivity index (χ4v) is 3.84. The minimum atomic E-state index is -4.06. The van der Waals surface area contributed by atoms with E-state index in [2.05, 4.69) is 10.0 Å². The predicted molar refractivity (Wildman–Crippen MR) is 93.9 cm³/mol. The third kappa shape index (κ3) is 4.82. The molecule has 1 aromatic heterocycles. The molecule has 0 aliphatic carbocycles. The van der Waals surface area contributed by atoms with Gasteiger partial charge in [-0.3, -0.25) is 4.79 Å². The first-order chi connectivity index (χ1) is 11.6. The molecule has 0 radical (unpaired) electrons. The summed E-state index contributed by atoms with van der Waals surface area (Å²) in [6, 6.07) is -0.0483. The van der Waals surface area contributed by atoms with Gasteiger partial charge in [0.05, 0.1) is 13.2 Å². The molecule has 9 heteroatoms. The highest BCUT2D eigenvalue weighted by Gasteiger charge is 2.31. The summed E-state index contributed by atoms with van der Waals surface area (Å²) in [5, 5.41) is 2.68. The monoisotopic (exact) mass is 373 g/mol. The Morgan fingerprint density at radius 1 is 1.20 bits per heavy atom. The first-order valence-corrected chi connectivity index (χ1v) is 9.67. The van der Waals surface area contributed by atoms with Crippen LogP contribution in [-0.4, -0.2) is 44.1 Å². The molecule has 0 aliphatic heterocycles. The van der Waals surface area contributed by atoms with Crippen molar-refractivity contribution in [3.8, 4) is 0 Å². The molecule has 1 aromatic rings. The number of hydrogen-bond acceptors (Lipinski definition) is 5. The maximum absolute atomic E-state index is 12.7. The fraction of sp³-hybridized carbons (Fsp3) is 0.625. The van der Waals surface area contributed by atoms with Crippen molar-refractivity contribution in [1.29, 1.82) is 0 Å². The van der Waals surface area contributed by atoms with Gasteiger partial charge in [-0.15, -0.1) is 0 Å². The summed E-state index contributed by atoms with van der Waals surface area (Å²) in [6.07, 6.45) is 0.739. The molecule has 1 atom stereocenters. The molecule has 0 saturated carbocycles. The van der Waals surface area contributed by atoms with Crippen LogP contribution in [0.2, 0.25) is 0 Å². The summed E-state index contributed by atoms with van der Waals surface area (Å²) in [5.74, 6) is -1.13. The Morgan fingerprint density at radius 3 is 2.32 bits per heavy atom. The first-order valence-electron chi connectivity index (χ1n) is 8.18. The third-order valence-electron chi connectivity index (χ3n) is 4.11. The molecular weight excluding hydrogens is 346 g/mol. The Hall–Kier alpha value is -1.87. The van der Waals surface area contributed by atoms with Gasteiger partial charge in [-0.05, 0) is 34.1 Å². The van der Waals surface area contributed by atoms with Gasteiger partial charge in [0.25, 0.3) is 0 Å². The van der Waals surface area contributed by atoms with Crippen LogP contribution in [-0.2, 0) is 26.6 Å². The number of rotatable bonds is 8. The normalized spacial score (nSPS) is 12.7. The average Bonchev–Trinajstić information content (AvgIpc) is 2.78. The van der Waals surface area contributed by atoms with Crippen LogP contribution in [0.25, 0.3) is 0 Å². The lowest BCUT2D eigenvalue weighted by Gasteiger charge is -2.13. The first kappa shape index (κ1) is 21.2. The number of carbonyl (C=O) groups excluding carboxylic acids is 2. The molecule has 1 heterocycles. The van der Waals surface area contributed by atoms with Gasteiger partial charge in [-0.1, -0.05) is 6.92 Å². The minimum absolute atomic E-state index is 0.00307. The molecule has 0 fully saturated rings. The van der Waals surface area contributed by atoms with Crippen LogP contribution < -0.4 is 10.0 Å². The quantitative estimate of drug-likeness (QED) is 0.662. The van der Waals surface area contributed by atoms with Crippen molar-refractivity contribution in [2.24, 2.45) is 7.05 Å². The summed E-state index contributed by atoms with van der Waals surface area (Å²) in [6.45, 7) is 8.37. The van der Waals surface area contributed by atoms with E-state index in [1.54, 1.807) is 32.4 Å². The fourth-order valence-electron chi connectivity index (χ4n) is 2.35. The van der Waals surface area contributed by atoms with Gasteiger partial charge < -0.3 is 14.6 Å². The number of aromatic nitrogens is 1. The lowest BCUT2D eigenvalue weighted by atomic mass is 10.2. The average molecular weight is 373 g/mol. The van der Waals surface area contributed by atoms with E-state index in [-0.39, 0.29) is 23.1 Å². The number of nitrogens with zero attached hydrogens (tertiary/aromatic N) is 1. The van der Waals surface area contributed by atoms with Crippen LogP contribution in [0.5, 0.6) is 0 Å². The van der Waals surface area contributed by atoms with Gasteiger partial charge in [0, 0.05) is 24.5 Å². The van der Waals surface area contributed by atoms with Gasteiger partial charge in [-0.2, -0.15) is 0 Å². The lowest BCUT2D eigenvalue weighted by Crippen LogP contribution is -2.40. The van der Waals surface area contributed by atoms with E-state index in [1.165, 1.54) is 0 Å². The number of sulfonamides is 1. The summed E-state index contributed by atoms with van der Waals surface area (Å²) < 4.78 is 34.2. The number of amides is 1. The second-order valence-electron chi connectivity index (χ2n) is 5.86. The van der Waals surface area contributed by atoms with Crippen LogP contribution in [0, 0.1) is 13.8 Å². The molecule has 0 unspecified atom stereocenters. The summed E-state index contributed by atoms with van der Waals surface area (Å²) in [7, 11) is -2.39. The molecule has 0 saturated heterocycles. The maximum atomic E-state index is 12.7. The van der Waals surface area contributed by atoms with E-state index < -0.39 is 28.4 Å². The minimum Gasteiger partial charge on any atom is -0.462 e. The second kappa shape index (κ2) is 8.48. The molecule has 8 nitrogen and oxygen atoms in total. The van der Waals surface area contributed by atoms with Crippen molar-refractivity contribution in [1.82, 2.24) is 14.6 Å². The molecular formula is C16H27N3O5S. The number of hydrogen-bond donors (Lipinski definition) is 2. The van der Waals surface area contributed by atoms with Gasteiger partial charge in [0.2, 0.25) is 15.9 Å². The Bertz CT molecular complexity index is 752. The van der Waals surface area contributed by atoms with Crippen LogP contribution in [0.4, 0.5) is 0 Å². The maximum Gasteiger partial charge on any atom is 0.341 e. The Morgan fingerprint density at radius 2 is 1.80 bits per heavy atom. The molecule has 1 rings (SSSR count). The van der Waals surface area contributed by atoms with Crippen LogP contribution in [0.3, 0.4) is 0 Å². The molecule has 0 spiro atoms. The van der Waals surface area contributed by atoms with Crippen molar-refractivity contribution >= 4 is 21.9 Å². The zero-order valence-electron chi connectivity index (χ0n) is 15.6. The molecule has 0 bridgehead atoms. The van der Waals surface area contributed by atoms with Crippen molar-refractivity contribution in [2.45, 2.75) is 52.0 Å². The Balaban J connectivity index is 3.15. The van der Waals surface area contributed by atoms with Gasteiger partial charge in [0.1, 0.15) is 10.5 Å². The summed E-state index contributed by atoms with van der Waals surface area (Å²) >= 11 is 0. The van der Waals surface area contributed by atoms with E-state index in [0.717, 1.165) is 6.42 Å². The third-order valence-corrected chi connectivity index (χ3v) is 5.68. The molecule has 0 aliphatic rings. The highest BCUT2D eigenvalue weighted by molar-refractivity contribution is 7.89. The van der Waals surface area contributed by atoms with Crippen LogP contribution in [0.1, 0.15) is 48.9 Å². The topological polar surface area (TPSA) is 106 Å². The van der Waals surface area contributed by atoms with Crippen molar-refractivity contribution in [3.63, 3.8) is 0 Å². The number of ether oxygens (including phenoxy) is 1. The van der Waals surface area contributed by atoms with E-state index in [4.69, 9.17) is 4.74 Å². The van der Waals surface area contributed by atoms with Crippen LogP contribution in [0.15, 0.2) is 4.90 Å². The zero-order chi connectivity index (χ0) is 19.4. The van der Waals surface area contributed by atoms with E-state index in [0.29, 0.717) is 11.4 Å². The number of carbonyl (C=O) groups is 2. The highest BCUT2D eigenvalue weighted by atomic mass is 32.2.